The summed E-state index contributed by atoms with van der Waals surface area (Å²) in [5.74, 6) is -1.02. The topological polar surface area (TPSA) is 69.4 Å². The SMILES string of the molecule is CCc1ccc(C2=[N+](c3ccc(C(=O)O)cc3)NC(=O)CC2)cc1. The molecule has 0 saturated heterocycles. The van der Waals surface area contributed by atoms with Gasteiger partial charge in [-0.15, -0.1) is 5.43 Å². The van der Waals surface area contributed by atoms with E-state index in [-0.39, 0.29) is 11.5 Å². The molecule has 2 aromatic rings. The third kappa shape index (κ3) is 3.20. The van der Waals surface area contributed by atoms with Crippen LogP contribution in [0.5, 0.6) is 0 Å². The predicted octanol–water partition coefficient (Wildman–Crippen LogP) is 2.91. The summed E-state index contributed by atoms with van der Waals surface area (Å²) in [4.78, 5) is 22.8. The molecule has 1 amide bonds. The molecule has 0 atom stereocenters. The third-order valence-corrected chi connectivity index (χ3v) is 4.16. The lowest BCUT2D eigenvalue weighted by Crippen LogP contribution is -2.40. The van der Waals surface area contributed by atoms with Crippen LogP contribution in [-0.4, -0.2) is 27.4 Å². The molecular formula is C19H19N2O3+. The van der Waals surface area contributed by atoms with Crippen molar-refractivity contribution in [3.05, 3.63) is 65.2 Å². The minimum atomic E-state index is -0.969. The number of carbonyl (C=O) groups is 2. The summed E-state index contributed by atoms with van der Waals surface area (Å²) in [5, 5.41) is 9.02. The van der Waals surface area contributed by atoms with Crippen molar-refractivity contribution >= 4 is 23.3 Å². The Balaban J connectivity index is 2.05. The number of aryl methyl sites for hydroxylation is 1. The fourth-order valence-corrected chi connectivity index (χ4v) is 2.77. The zero-order valence-electron chi connectivity index (χ0n) is 13.5. The number of rotatable bonds is 4. The van der Waals surface area contributed by atoms with Crippen LogP contribution >= 0.6 is 0 Å². The van der Waals surface area contributed by atoms with Crippen molar-refractivity contribution in [3.63, 3.8) is 0 Å². The van der Waals surface area contributed by atoms with Gasteiger partial charge in [-0.3, -0.25) is 4.79 Å². The number of hydrogen-bond acceptors (Lipinski definition) is 2. The van der Waals surface area contributed by atoms with E-state index < -0.39 is 5.97 Å². The Labute approximate surface area is 140 Å². The monoisotopic (exact) mass is 323 g/mol. The molecule has 1 aliphatic heterocycles. The minimum absolute atomic E-state index is 0.0498. The number of hydrogen-bond donors (Lipinski definition) is 2. The quantitative estimate of drug-likeness (QED) is 0.850. The van der Waals surface area contributed by atoms with Crippen molar-refractivity contribution in [1.29, 1.82) is 0 Å². The molecule has 0 unspecified atom stereocenters. The van der Waals surface area contributed by atoms with Crippen molar-refractivity contribution in [1.82, 2.24) is 5.43 Å². The first kappa shape index (κ1) is 15.9. The smallest absolute Gasteiger partial charge is 0.335 e. The van der Waals surface area contributed by atoms with Gasteiger partial charge in [0.15, 0.2) is 0 Å². The molecule has 3 rings (SSSR count). The lowest BCUT2D eigenvalue weighted by atomic mass is 10.0. The van der Waals surface area contributed by atoms with Crippen LogP contribution in [0.4, 0.5) is 5.69 Å². The van der Waals surface area contributed by atoms with Crippen LogP contribution in [0.3, 0.4) is 0 Å². The highest BCUT2D eigenvalue weighted by Crippen LogP contribution is 2.19. The highest BCUT2D eigenvalue weighted by Gasteiger charge is 2.28. The van der Waals surface area contributed by atoms with Gasteiger partial charge in [-0.2, -0.15) is 0 Å². The average molecular weight is 323 g/mol. The van der Waals surface area contributed by atoms with Gasteiger partial charge in [0.25, 0.3) is 5.91 Å². The first-order valence-electron chi connectivity index (χ1n) is 7.96. The van der Waals surface area contributed by atoms with Crippen LogP contribution in [0, 0.1) is 0 Å². The molecule has 1 aliphatic rings. The number of nitrogens with zero attached hydrogens (tertiary/aromatic N) is 1. The number of carbonyl (C=O) groups excluding carboxylic acids is 1. The number of benzene rings is 2. The van der Waals surface area contributed by atoms with Crippen LogP contribution in [-0.2, 0) is 11.2 Å². The Morgan fingerprint density at radius 3 is 2.33 bits per heavy atom. The summed E-state index contributed by atoms with van der Waals surface area (Å²) in [5.41, 5.74) is 7.14. The van der Waals surface area contributed by atoms with Gasteiger partial charge in [0.05, 0.1) is 5.56 Å². The molecule has 0 aliphatic carbocycles. The van der Waals surface area contributed by atoms with E-state index in [1.807, 2.05) is 0 Å². The maximum Gasteiger partial charge on any atom is 0.335 e. The Kier molecular flexibility index (Phi) is 4.42. The summed E-state index contributed by atoms with van der Waals surface area (Å²) >= 11 is 0. The molecule has 5 heteroatoms. The second-order valence-electron chi connectivity index (χ2n) is 5.72. The van der Waals surface area contributed by atoms with Gasteiger partial charge in [-0.1, -0.05) is 23.7 Å². The van der Waals surface area contributed by atoms with Crippen LogP contribution in [0.2, 0.25) is 0 Å². The summed E-state index contributed by atoms with van der Waals surface area (Å²) in [6.07, 6.45) is 2.05. The molecular weight excluding hydrogens is 304 g/mol. The van der Waals surface area contributed by atoms with E-state index in [0.717, 1.165) is 23.4 Å². The Morgan fingerprint density at radius 1 is 1.08 bits per heavy atom. The zero-order chi connectivity index (χ0) is 17.1. The van der Waals surface area contributed by atoms with E-state index in [9.17, 15) is 9.59 Å². The summed E-state index contributed by atoms with van der Waals surface area (Å²) in [6, 6.07) is 14.8. The number of hydrazine groups is 1. The van der Waals surface area contributed by atoms with E-state index in [0.29, 0.717) is 12.8 Å². The highest BCUT2D eigenvalue weighted by atomic mass is 16.4. The average Bonchev–Trinajstić information content (AvgIpc) is 2.62. The van der Waals surface area contributed by atoms with E-state index in [2.05, 4.69) is 36.6 Å². The van der Waals surface area contributed by atoms with Gasteiger partial charge in [-0.05, 0) is 36.2 Å². The van der Waals surface area contributed by atoms with Crippen LogP contribution in [0.1, 0.15) is 41.3 Å². The number of nitrogens with one attached hydrogen (secondary N) is 1. The van der Waals surface area contributed by atoms with Crippen LogP contribution < -0.4 is 5.43 Å². The Morgan fingerprint density at radius 2 is 1.75 bits per heavy atom. The zero-order valence-corrected chi connectivity index (χ0v) is 13.5. The van der Waals surface area contributed by atoms with E-state index in [1.165, 1.54) is 17.7 Å². The first-order chi connectivity index (χ1) is 11.6. The number of hydrazone groups is 1. The molecule has 122 valence electrons. The number of aromatic carboxylic acids is 1. The van der Waals surface area contributed by atoms with Gasteiger partial charge in [0.2, 0.25) is 11.4 Å². The second kappa shape index (κ2) is 6.66. The lowest BCUT2D eigenvalue weighted by molar-refractivity contribution is -0.496. The fourth-order valence-electron chi connectivity index (χ4n) is 2.77. The molecule has 0 bridgehead atoms. The van der Waals surface area contributed by atoms with Crippen LogP contribution in [0.15, 0.2) is 48.5 Å². The molecule has 0 aromatic heterocycles. The largest absolute Gasteiger partial charge is 0.478 e. The van der Waals surface area contributed by atoms with Crippen molar-refractivity contribution in [2.24, 2.45) is 0 Å². The van der Waals surface area contributed by atoms with Crippen molar-refractivity contribution in [3.8, 4) is 0 Å². The first-order valence-corrected chi connectivity index (χ1v) is 7.96. The normalized spacial score (nSPS) is 14.5. The Hall–Kier alpha value is -2.95. The van der Waals surface area contributed by atoms with Gasteiger partial charge in [0, 0.05) is 30.5 Å². The maximum absolute atomic E-state index is 11.8. The van der Waals surface area contributed by atoms with Gasteiger partial charge >= 0.3 is 5.97 Å². The maximum atomic E-state index is 11.8. The molecule has 1 heterocycles. The highest BCUT2D eigenvalue weighted by molar-refractivity contribution is 6.00. The summed E-state index contributed by atoms with van der Waals surface area (Å²) in [6.45, 7) is 2.11. The minimum Gasteiger partial charge on any atom is -0.478 e. The standard InChI is InChI=1S/C19H18N2O3/c1-2-13-3-5-14(6-4-13)17-11-12-18(22)20-21(17)16-9-7-15(8-10-16)19(23)24/h3-10H,2,11-12H2,1H3,(H-,20,22,23,24)/p+1. The molecule has 2 N–H and O–H groups in total. The molecule has 5 nitrogen and oxygen atoms in total. The Bertz CT molecular complexity index is 806. The van der Waals surface area contributed by atoms with Crippen molar-refractivity contribution in [2.45, 2.75) is 26.2 Å². The second-order valence-corrected chi connectivity index (χ2v) is 5.72. The van der Waals surface area contributed by atoms with E-state index >= 15 is 0 Å². The molecule has 0 fully saturated rings. The molecule has 0 saturated carbocycles. The van der Waals surface area contributed by atoms with E-state index in [4.69, 9.17) is 5.11 Å². The summed E-state index contributed by atoms with van der Waals surface area (Å²) < 4.78 is 1.75. The van der Waals surface area contributed by atoms with Crippen molar-refractivity contribution < 1.29 is 19.4 Å². The number of carboxylic acids is 1. The summed E-state index contributed by atoms with van der Waals surface area (Å²) in [7, 11) is 0. The number of carboxylic acid groups (broad SMARTS) is 1. The molecule has 0 radical (unpaired) electrons. The number of amides is 1. The molecule has 2 aromatic carbocycles. The van der Waals surface area contributed by atoms with Gasteiger partial charge in [0.1, 0.15) is 0 Å². The molecule has 0 spiro atoms. The molecule has 24 heavy (non-hydrogen) atoms. The van der Waals surface area contributed by atoms with Gasteiger partial charge in [-0.25, -0.2) is 4.79 Å². The fraction of sp³-hybridized carbons (Fsp3) is 0.211. The third-order valence-electron chi connectivity index (χ3n) is 4.16. The lowest BCUT2D eigenvalue weighted by Gasteiger charge is -2.14. The van der Waals surface area contributed by atoms with Crippen molar-refractivity contribution in [2.75, 3.05) is 0 Å². The van der Waals surface area contributed by atoms with Crippen LogP contribution in [0.25, 0.3) is 0 Å². The predicted molar refractivity (Wildman–Crippen MR) is 90.6 cm³/mol. The van der Waals surface area contributed by atoms with E-state index in [1.54, 1.807) is 16.8 Å². The van der Waals surface area contributed by atoms with Gasteiger partial charge < -0.3 is 5.11 Å².